The summed E-state index contributed by atoms with van der Waals surface area (Å²) in [7, 11) is 0. The van der Waals surface area contributed by atoms with Crippen LogP contribution in [0.1, 0.15) is 10.4 Å². The summed E-state index contributed by atoms with van der Waals surface area (Å²) in [4.78, 5) is 34.4. The number of anilines is 2. The smallest absolute Gasteiger partial charge is 0.300 e. The van der Waals surface area contributed by atoms with E-state index in [0.717, 1.165) is 38.1 Å². The van der Waals surface area contributed by atoms with Gasteiger partial charge in [0.1, 0.15) is 11.6 Å². The van der Waals surface area contributed by atoms with Gasteiger partial charge in [0.15, 0.2) is 0 Å². The Kier molecular flexibility index (Phi) is 3.93. The second kappa shape index (κ2) is 6.25. The Morgan fingerprint density at radius 3 is 2.56 bits per heavy atom. The maximum absolute atomic E-state index is 13.3. The zero-order chi connectivity index (χ0) is 17.4. The number of Topliss-reactive ketones (excluding diaryl/α,β-unsaturated/α-hetero) is 1. The van der Waals surface area contributed by atoms with Crippen molar-refractivity contribution >= 4 is 23.2 Å². The summed E-state index contributed by atoms with van der Waals surface area (Å²) in [6, 6.07) is 9.72. The van der Waals surface area contributed by atoms with Crippen LogP contribution in [0.2, 0.25) is 0 Å². The van der Waals surface area contributed by atoms with E-state index in [9.17, 15) is 14.0 Å². The van der Waals surface area contributed by atoms with Gasteiger partial charge in [0, 0.05) is 32.4 Å². The van der Waals surface area contributed by atoms with E-state index in [1.54, 1.807) is 6.20 Å². The first-order valence-electron chi connectivity index (χ1n) is 8.17. The largest absolute Gasteiger partial charge is 0.354 e. The second-order valence-electron chi connectivity index (χ2n) is 6.16. The van der Waals surface area contributed by atoms with Crippen LogP contribution in [0.5, 0.6) is 0 Å². The average molecular weight is 340 g/mol. The lowest BCUT2D eigenvalue weighted by molar-refractivity contribution is -0.114. The highest BCUT2D eigenvalue weighted by Crippen LogP contribution is 2.29. The van der Waals surface area contributed by atoms with Gasteiger partial charge in [0.05, 0.1) is 17.9 Å². The van der Waals surface area contributed by atoms with Gasteiger partial charge in [-0.05, 0) is 30.3 Å². The van der Waals surface area contributed by atoms with E-state index >= 15 is 0 Å². The molecule has 0 spiro atoms. The Hall–Kier alpha value is -2.80. The molecule has 0 unspecified atom stereocenters. The first-order chi connectivity index (χ1) is 12.1. The van der Waals surface area contributed by atoms with E-state index in [1.165, 1.54) is 17.0 Å². The van der Waals surface area contributed by atoms with Crippen molar-refractivity contribution in [1.29, 1.82) is 0 Å². The number of pyridine rings is 1. The summed E-state index contributed by atoms with van der Waals surface area (Å²) in [5, 5.41) is 0. The molecular formula is C18H17FN4O2. The number of hydrogen-bond acceptors (Lipinski definition) is 5. The first kappa shape index (κ1) is 15.7. The second-order valence-corrected chi connectivity index (χ2v) is 6.16. The van der Waals surface area contributed by atoms with Gasteiger partial charge in [0.25, 0.3) is 5.78 Å². The van der Waals surface area contributed by atoms with E-state index in [2.05, 4.69) is 14.8 Å². The number of halogens is 1. The normalized spacial score (nSPS) is 18.0. The number of rotatable bonds is 3. The standard InChI is InChI=1S/C18H17FN4O2/c19-13-4-5-15-14(11-13)17(24)18(25)23(15)12-21-7-9-22(10-8-21)16-3-1-2-6-20-16/h1-6,11H,7-10,12H2. The molecule has 7 heteroatoms. The van der Waals surface area contributed by atoms with Gasteiger partial charge >= 0.3 is 5.91 Å². The molecule has 0 N–H and O–H groups in total. The molecule has 2 aliphatic heterocycles. The van der Waals surface area contributed by atoms with Crippen molar-refractivity contribution in [3.63, 3.8) is 0 Å². The van der Waals surface area contributed by atoms with Crippen molar-refractivity contribution in [1.82, 2.24) is 9.88 Å². The number of nitrogens with zero attached hydrogens (tertiary/aromatic N) is 4. The maximum atomic E-state index is 13.3. The summed E-state index contributed by atoms with van der Waals surface area (Å²) >= 11 is 0. The van der Waals surface area contributed by atoms with Crippen molar-refractivity contribution in [3.05, 3.63) is 54.0 Å². The number of fused-ring (bicyclic) bond motifs is 1. The van der Waals surface area contributed by atoms with E-state index in [-0.39, 0.29) is 5.56 Å². The van der Waals surface area contributed by atoms with Gasteiger partial charge in [0.2, 0.25) is 0 Å². The summed E-state index contributed by atoms with van der Waals surface area (Å²) in [5.74, 6) is -0.796. The van der Waals surface area contributed by atoms with Crippen LogP contribution in [0.4, 0.5) is 15.9 Å². The molecule has 128 valence electrons. The molecular weight excluding hydrogens is 323 g/mol. The van der Waals surface area contributed by atoms with Gasteiger partial charge in [-0.25, -0.2) is 9.37 Å². The van der Waals surface area contributed by atoms with Gasteiger partial charge < -0.3 is 4.90 Å². The molecule has 25 heavy (non-hydrogen) atoms. The summed E-state index contributed by atoms with van der Waals surface area (Å²) in [6.45, 7) is 3.43. The van der Waals surface area contributed by atoms with E-state index in [0.29, 0.717) is 12.4 Å². The van der Waals surface area contributed by atoms with Crippen LogP contribution >= 0.6 is 0 Å². The topological polar surface area (TPSA) is 56.8 Å². The zero-order valence-electron chi connectivity index (χ0n) is 13.6. The van der Waals surface area contributed by atoms with Crippen molar-refractivity contribution in [3.8, 4) is 0 Å². The van der Waals surface area contributed by atoms with Gasteiger partial charge in [-0.15, -0.1) is 0 Å². The number of benzene rings is 1. The maximum Gasteiger partial charge on any atom is 0.300 e. The minimum absolute atomic E-state index is 0.150. The molecule has 0 atom stereocenters. The number of ketones is 1. The lowest BCUT2D eigenvalue weighted by atomic mass is 10.1. The highest BCUT2D eigenvalue weighted by molar-refractivity contribution is 6.52. The number of carbonyl (C=O) groups is 2. The van der Waals surface area contributed by atoms with Gasteiger partial charge in [-0.3, -0.25) is 19.4 Å². The van der Waals surface area contributed by atoms with Gasteiger partial charge in [-0.2, -0.15) is 0 Å². The molecule has 6 nitrogen and oxygen atoms in total. The Balaban J connectivity index is 1.44. The van der Waals surface area contributed by atoms with Crippen LogP contribution in [0.15, 0.2) is 42.6 Å². The molecule has 0 saturated carbocycles. The first-order valence-corrected chi connectivity index (χ1v) is 8.17. The fraction of sp³-hybridized carbons (Fsp3) is 0.278. The number of amides is 1. The number of piperazine rings is 1. The van der Waals surface area contributed by atoms with Crippen LogP contribution < -0.4 is 9.80 Å². The summed E-state index contributed by atoms with van der Waals surface area (Å²) < 4.78 is 13.3. The van der Waals surface area contributed by atoms with Crippen molar-refractivity contribution in [2.24, 2.45) is 0 Å². The molecule has 0 aliphatic carbocycles. The summed E-state index contributed by atoms with van der Waals surface area (Å²) in [5.41, 5.74) is 0.640. The van der Waals surface area contributed by atoms with Crippen LogP contribution in [-0.2, 0) is 4.79 Å². The molecule has 4 rings (SSSR count). The molecule has 3 heterocycles. The van der Waals surface area contributed by atoms with Crippen molar-refractivity contribution < 1.29 is 14.0 Å². The quantitative estimate of drug-likeness (QED) is 0.793. The van der Waals surface area contributed by atoms with Crippen LogP contribution in [0.3, 0.4) is 0 Å². The van der Waals surface area contributed by atoms with Gasteiger partial charge in [-0.1, -0.05) is 6.07 Å². The zero-order valence-corrected chi connectivity index (χ0v) is 13.6. The lowest BCUT2D eigenvalue weighted by Gasteiger charge is -2.37. The number of aromatic nitrogens is 1. The Morgan fingerprint density at radius 2 is 1.84 bits per heavy atom. The predicted octanol–water partition coefficient (Wildman–Crippen LogP) is 1.53. The van der Waals surface area contributed by atoms with Crippen LogP contribution in [-0.4, -0.2) is 54.4 Å². The lowest BCUT2D eigenvalue weighted by Crippen LogP contribution is -2.51. The third kappa shape index (κ3) is 2.87. The van der Waals surface area contributed by atoms with E-state index in [4.69, 9.17) is 0 Å². The number of hydrogen-bond donors (Lipinski definition) is 0. The highest BCUT2D eigenvalue weighted by Gasteiger charge is 2.37. The van der Waals surface area contributed by atoms with E-state index < -0.39 is 17.5 Å². The Morgan fingerprint density at radius 1 is 1.04 bits per heavy atom. The SMILES string of the molecule is O=C1C(=O)N(CN2CCN(c3ccccn3)CC2)c2ccc(F)cc21. The fourth-order valence-electron chi connectivity index (χ4n) is 3.27. The molecule has 0 bridgehead atoms. The molecule has 1 fully saturated rings. The highest BCUT2D eigenvalue weighted by atomic mass is 19.1. The summed E-state index contributed by atoms with van der Waals surface area (Å²) in [6.07, 6.45) is 1.77. The predicted molar refractivity (Wildman–Crippen MR) is 91.1 cm³/mol. The minimum atomic E-state index is -0.637. The Labute approximate surface area is 144 Å². The van der Waals surface area contributed by atoms with Crippen molar-refractivity contribution in [2.45, 2.75) is 0 Å². The molecule has 1 aromatic carbocycles. The number of carbonyl (C=O) groups excluding carboxylic acids is 2. The molecule has 1 saturated heterocycles. The van der Waals surface area contributed by atoms with Crippen LogP contribution in [0.25, 0.3) is 0 Å². The van der Waals surface area contributed by atoms with E-state index in [1.807, 2.05) is 18.2 Å². The molecule has 1 aromatic heterocycles. The molecule has 2 aliphatic rings. The third-order valence-corrected chi connectivity index (χ3v) is 4.62. The monoisotopic (exact) mass is 340 g/mol. The van der Waals surface area contributed by atoms with Crippen LogP contribution in [0, 0.1) is 5.82 Å². The molecule has 1 amide bonds. The Bertz CT molecular complexity index is 819. The molecule has 0 radical (unpaired) electrons. The minimum Gasteiger partial charge on any atom is -0.354 e. The fourth-order valence-corrected chi connectivity index (χ4v) is 3.27. The third-order valence-electron chi connectivity index (χ3n) is 4.62. The van der Waals surface area contributed by atoms with Crippen molar-refractivity contribution in [2.75, 3.05) is 42.6 Å². The average Bonchev–Trinajstić information content (AvgIpc) is 2.88. The molecule has 2 aromatic rings.